The Kier molecular flexibility index (Phi) is 3.93. The standard InChI is InChI=1S/C21H22BN2O3/c1-20(2,3)21(4,5)27-22-13-10-11-16-15(12-13)23-19-24(16)18(25)14-8-6-7-9-17(14)26-19/h6-12H,1-5H3. The largest absolute Gasteiger partial charge is 0.429 e. The first kappa shape index (κ1) is 17.8. The van der Waals surface area contributed by atoms with Gasteiger partial charge in [0.2, 0.25) is 0 Å². The van der Waals surface area contributed by atoms with E-state index in [0.29, 0.717) is 22.3 Å². The maximum atomic E-state index is 12.8. The molecule has 2 heterocycles. The Morgan fingerprint density at radius 2 is 1.81 bits per heavy atom. The summed E-state index contributed by atoms with van der Waals surface area (Å²) >= 11 is 0. The van der Waals surface area contributed by atoms with Gasteiger partial charge in [0.25, 0.3) is 5.56 Å². The van der Waals surface area contributed by atoms with Gasteiger partial charge >= 0.3 is 13.3 Å². The maximum Gasteiger partial charge on any atom is 0.330 e. The predicted molar refractivity (Wildman–Crippen MR) is 109 cm³/mol. The summed E-state index contributed by atoms with van der Waals surface area (Å²) in [5.74, 6) is 0.293. The molecule has 2 aromatic carbocycles. The second kappa shape index (κ2) is 5.96. The topological polar surface area (TPSA) is 56.7 Å². The number of imidazole rings is 1. The molecule has 0 fully saturated rings. The van der Waals surface area contributed by atoms with Crippen molar-refractivity contribution in [1.82, 2.24) is 9.38 Å². The summed E-state index contributed by atoms with van der Waals surface area (Å²) < 4.78 is 13.4. The molecule has 0 aliphatic carbocycles. The van der Waals surface area contributed by atoms with Crippen molar-refractivity contribution in [3.8, 4) is 0 Å². The lowest BCUT2D eigenvalue weighted by molar-refractivity contribution is 0.00504. The molecule has 0 spiro atoms. The molecular formula is C21H22BN2O3. The zero-order valence-corrected chi connectivity index (χ0v) is 16.2. The van der Waals surface area contributed by atoms with E-state index in [1.807, 2.05) is 30.3 Å². The minimum Gasteiger partial charge on any atom is -0.429 e. The summed E-state index contributed by atoms with van der Waals surface area (Å²) in [4.78, 5) is 17.3. The van der Waals surface area contributed by atoms with Gasteiger partial charge in [-0.3, -0.25) is 4.79 Å². The summed E-state index contributed by atoms with van der Waals surface area (Å²) in [5, 5.41) is 0.537. The van der Waals surface area contributed by atoms with E-state index in [2.05, 4.69) is 39.6 Å². The average Bonchev–Trinajstić information content (AvgIpc) is 2.97. The third-order valence-corrected chi connectivity index (χ3v) is 5.47. The van der Waals surface area contributed by atoms with Crippen LogP contribution >= 0.6 is 0 Å². The molecule has 0 atom stereocenters. The Morgan fingerprint density at radius 3 is 2.56 bits per heavy atom. The molecule has 0 saturated carbocycles. The van der Waals surface area contributed by atoms with E-state index in [1.165, 1.54) is 4.40 Å². The van der Waals surface area contributed by atoms with Gasteiger partial charge < -0.3 is 9.07 Å². The Balaban J connectivity index is 1.77. The van der Waals surface area contributed by atoms with Crippen LogP contribution in [-0.4, -0.2) is 22.5 Å². The lowest BCUT2D eigenvalue weighted by Crippen LogP contribution is -2.42. The van der Waals surface area contributed by atoms with Crippen LogP contribution in [0.15, 0.2) is 51.7 Å². The molecule has 4 rings (SSSR count). The van der Waals surface area contributed by atoms with Crippen molar-refractivity contribution in [1.29, 1.82) is 0 Å². The first-order valence-corrected chi connectivity index (χ1v) is 9.02. The van der Waals surface area contributed by atoms with Gasteiger partial charge in [-0.25, -0.2) is 4.40 Å². The number of hydrogen-bond acceptors (Lipinski definition) is 4. The molecular weight excluding hydrogens is 339 g/mol. The predicted octanol–water partition coefficient (Wildman–Crippen LogP) is 3.68. The van der Waals surface area contributed by atoms with E-state index in [1.54, 1.807) is 19.6 Å². The van der Waals surface area contributed by atoms with E-state index in [9.17, 15) is 4.79 Å². The fourth-order valence-electron chi connectivity index (χ4n) is 2.76. The van der Waals surface area contributed by atoms with Crippen molar-refractivity contribution in [2.24, 2.45) is 5.41 Å². The molecule has 5 nitrogen and oxygen atoms in total. The summed E-state index contributed by atoms with van der Waals surface area (Å²) in [6.07, 6.45) is 0. The van der Waals surface area contributed by atoms with E-state index in [-0.39, 0.29) is 16.6 Å². The van der Waals surface area contributed by atoms with Gasteiger partial charge in [-0.1, -0.05) is 44.4 Å². The van der Waals surface area contributed by atoms with Crippen molar-refractivity contribution in [3.05, 3.63) is 52.8 Å². The van der Waals surface area contributed by atoms with Crippen LogP contribution in [0.1, 0.15) is 34.6 Å². The van der Waals surface area contributed by atoms with Crippen LogP contribution in [0.3, 0.4) is 0 Å². The molecule has 0 bridgehead atoms. The van der Waals surface area contributed by atoms with Crippen LogP contribution in [0.5, 0.6) is 0 Å². The SMILES string of the molecule is CC(C)(C)C(C)(C)O[B]c1ccc2c(c1)nc1oc3ccccc3c(=O)n12. The van der Waals surface area contributed by atoms with Gasteiger partial charge in [0.05, 0.1) is 22.0 Å². The zero-order chi connectivity index (χ0) is 19.4. The number of benzene rings is 2. The third-order valence-electron chi connectivity index (χ3n) is 5.47. The highest BCUT2D eigenvalue weighted by Gasteiger charge is 2.33. The molecule has 137 valence electrons. The number of nitrogens with zero attached hydrogens (tertiary/aromatic N) is 2. The van der Waals surface area contributed by atoms with Crippen LogP contribution in [0.4, 0.5) is 0 Å². The molecule has 6 heteroatoms. The second-order valence-electron chi connectivity index (χ2n) is 8.38. The molecule has 0 N–H and O–H groups in total. The van der Waals surface area contributed by atoms with E-state index < -0.39 is 0 Å². The molecule has 0 unspecified atom stereocenters. The molecule has 0 saturated heterocycles. The van der Waals surface area contributed by atoms with Crippen molar-refractivity contribution < 1.29 is 9.07 Å². The molecule has 0 aliphatic heterocycles. The van der Waals surface area contributed by atoms with Crippen molar-refractivity contribution in [2.75, 3.05) is 0 Å². The first-order valence-electron chi connectivity index (χ1n) is 9.02. The zero-order valence-electron chi connectivity index (χ0n) is 16.2. The maximum absolute atomic E-state index is 12.8. The Bertz CT molecular complexity index is 1220. The Morgan fingerprint density at radius 1 is 1.07 bits per heavy atom. The molecule has 27 heavy (non-hydrogen) atoms. The summed E-state index contributed by atoms with van der Waals surface area (Å²) in [7, 11) is 1.75. The van der Waals surface area contributed by atoms with Crippen molar-refractivity contribution in [2.45, 2.75) is 40.2 Å². The monoisotopic (exact) mass is 361 g/mol. The van der Waals surface area contributed by atoms with Gasteiger partial charge in [0, 0.05) is 0 Å². The molecule has 2 aromatic heterocycles. The van der Waals surface area contributed by atoms with E-state index >= 15 is 0 Å². The van der Waals surface area contributed by atoms with E-state index in [0.717, 1.165) is 11.0 Å². The minimum atomic E-state index is -0.323. The van der Waals surface area contributed by atoms with Gasteiger partial charge in [-0.15, -0.1) is 0 Å². The number of aromatic nitrogens is 2. The lowest BCUT2D eigenvalue weighted by atomic mass is 9.76. The fourth-order valence-corrected chi connectivity index (χ4v) is 2.76. The third kappa shape index (κ3) is 2.94. The second-order valence-corrected chi connectivity index (χ2v) is 8.38. The molecule has 1 radical (unpaired) electrons. The molecule has 0 amide bonds. The number of rotatable bonds is 3. The van der Waals surface area contributed by atoms with Gasteiger partial charge in [-0.2, -0.15) is 4.98 Å². The van der Waals surface area contributed by atoms with Gasteiger partial charge in [0.1, 0.15) is 5.58 Å². The number of fused-ring (bicyclic) bond motifs is 4. The van der Waals surface area contributed by atoms with Crippen molar-refractivity contribution in [3.63, 3.8) is 0 Å². The van der Waals surface area contributed by atoms with Crippen LogP contribution in [0, 0.1) is 5.41 Å². The van der Waals surface area contributed by atoms with Crippen molar-refractivity contribution >= 4 is 40.8 Å². The summed E-state index contributed by atoms with van der Waals surface area (Å²) in [5.41, 5.74) is 2.38. The quantitative estimate of drug-likeness (QED) is 0.523. The highest BCUT2D eigenvalue weighted by atomic mass is 16.5. The van der Waals surface area contributed by atoms with Crippen LogP contribution in [-0.2, 0) is 4.65 Å². The minimum absolute atomic E-state index is 0.00681. The lowest BCUT2D eigenvalue weighted by Gasteiger charge is -2.39. The summed E-state index contributed by atoms with van der Waals surface area (Å²) in [6, 6.07) is 12.9. The normalized spacial score (nSPS) is 12.9. The number of para-hydroxylation sites is 1. The van der Waals surface area contributed by atoms with Gasteiger partial charge in [0.15, 0.2) is 0 Å². The highest BCUT2D eigenvalue weighted by molar-refractivity contribution is 6.47. The summed E-state index contributed by atoms with van der Waals surface area (Å²) in [6.45, 7) is 10.6. The molecule has 4 aromatic rings. The molecule has 0 aliphatic rings. The first-order chi connectivity index (χ1) is 12.7. The average molecular weight is 361 g/mol. The van der Waals surface area contributed by atoms with Crippen LogP contribution in [0.25, 0.3) is 27.8 Å². The smallest absolute Gasteiger partial charge is 0.330 e. The Hall–Kier alpha value is -2.60. The van der Waals surface area contributed by atoms with E-state index in [4.69, 9.17) is 9.07 Å². The highest BCUT2D eigenvalue weighted by Crippen LogP contribution is 2.32. The Labute approximate surface area is 158 Å². The van der Waals surface area contributed by atoms with Gasteiger partial charge in [-0.05, 0) is 43.5 Å². The van der Waals surface area contributed by atoms with Crippen LogP contribution in [0.2, 0.25) is 0 Å². The number of hydrogen-bond donors (Lipinski definition) is 0. The fraction of sp³-hybridized carbons (Fsp3) is 0.333. The van der Waals surface area contributed by atoms with Crippen LogP contribution < -0.4 is 11.0 Å².